The van der Waals surface area contributed by atoms with Crippen LogP contribution in [0.15, 0.2) is 24.3 Å². The molecule has 0 aliphatic rings. The number of aryl methyl sites for hydroxylation is 2. The highest BCUT2D eigenvalue weighted by atomic mass is 35.5. The van der Waals surface area contributed by atoms with E-state index < -0.39 is 0 Å². The fraction of sp³-hybridized carbons (Fsp3) is 0.250. The van der Waals surface area contributed by atoms with E-state index in [1.165, 1.54) is 0 Å². The zero-order chi connectivity index (χ0) is 11.7. The maximum Gasteiger partial charge on any atom is 0.139 e. The Morgan fingerprint density at radius 2 is 2.06 bits per heavy atom. The number of methoxy groups -OCH3 is 1. The van der Waals surface area contributed by atoms with Crippen molar-refractivity contribution in [3.8, 4) is 11.4 Å². The third-order valence-electron chi connectivity index (χ3n) is 2.40. The molecule has 84 valence electrons. The molecule has 0 unspecified atom stereocenters. The molecule has 2 rings (SSSR count). The van der Waals surface area contributed by atoms with E-state index in [2.05, 4.69) is 5.10 Å². The molecule has 0 N–H and O–H groups in total. The zero-order valence-corrected chi connectivity index (χ0v) is 10.2. The van der Waals surface area contributed by atoms with E-state index >= 15 is 0 Å². The van der Waals surface area contributed by atoms with Crippen LogP contribution >= 0.6 is 11.6 Å². The molecule has 1 aromatic carbocycles. The quantitative estimate of drug-likeness (QED) is 0.801. The summed E-state index contributed by atoms with van der Waals surface area (Å²) in [5.41, 5.74) is 2.86. The van der Waals surface area contributed by atoms with Gasteiger partial charge in [-0.15, -0.1) is 0 Å². The van der Waals surface area contributed by atoms with Crippen LogP contribution in [0.25, 0.3) is 5.69 Å². The van der Waals surface area contributed by atoms with Gasteiger partial charge >= 0.3 is 0 Å². The number of nitrogens with zero attached hydrogens (tertiary/aromatic N) is 2. The molecular weight excluding hydrogens is 224 g/mol. The van der Waals surface area contributed by atoms with Crippen LogP contribution in [0.3, 0.4) is 0 Å². The maximum absolute atomic E-state index is 6.24. The molecule has 0 amide bonds. The average molecular weight is 237 g/mol. The van der Waals surface area contributed by atoms with Crippen molar-refractivity contribution in [3.05, 3.63) is 40.7 Å². The van der Waals surface area contributed by atoms with E-state index in [1.54, 1.807) is 7.11 Å². The number of aromatic nitrogens is 2. The van der Waals surface area contributed by atoms with Crippen LogP contribution in [0.4, 0.5) is 0 Å². The topological polar surface area (TPSA) is 27.1 Å². The molecule has 0 bridgehead atoms. The molecule has 0 radical (unpaired) electrons. The van der Waals surface area contributed by atoms with Gasteiger partial charge in [0.1, 0.15) is 10.8 Å². The Morgan fingerprint density at radius 1 is 1.31 bits per heavy atom. The highest BCUT2D eigenvalue weighted by Gasteiger charge is 2.11. The van der Waals surface area contributed by atoms with Crippen molar-refractivity contribution in [2.75, 3.05) is 7.11 Å². The van der Waals surface area contributed by atoms with Crippen LogP contribution in [0.1, 0.15) is 11.4 Å². The number of hydrogen-bond donors (Lipinski definition) is 0. The van der Waals surface area contributed by atoms with E-state index in [4.69, 9.17) is 16.3 Å². The van der Waals surface area contributed by atoms with Crippen LogP contribution in [0.5, 0.6) is 5.75 Å². The van der Waals surface area contributed by atoms with Crippen molar-refractivity contribution >= 4 is 11.6 Å². The van der Waals surface area contributed by atoms with Crippen molar-refractivity contribution in [1.29, 1.82) is 0 Å². The molecule has 0 fully saturated rings. The highest BCUT2D eigenvalue weighted by Crippen LogP contribution is 2.30. The Bertz CT molecular complexity index is 520. The lowest BCUT2D eigenvalue weighted by Gasteiger charge is -2.09. The number of halogens is 1. The lowest BCUT2D eigenvalue weighted by Crippen LogP contribution is -2.00. The summed E-state index contributed by atoms with van der Waals surface area (Å²) in [4.78, 5) is 0. The van der Waals surface area contributed by atoms with Crippen LogP contribution in [-0.4, -0.2) is 16.9 Å². The van der Waals surface area contributed by atoms with E-state index in [0.717, 1.165) is 17.1 Å². The van der Waals surface area contributed by atoms with Gasteiger partial charge in [-0.1, -0.05) is 17.7 Å². The third kappa shape index (κ3) is 1.78. The minimum absolute atomic E-state index is 0.580. The summed E-state index contributed by atoms with van der Waals surface area (Å²) >= 11 is 6.24. The van der Waals surface area contributed by atoms with Gasteiger partial charge in [0.25, 0.3) is 0 Å². The monoisotopic (exact) mass is 236 g/mol. The van der Waals surface area contributed by atoms with E-state index in [9.17, 15) is 0 Å². The molecule has 0 spiro atoms. The molecule has 16 heavy (non-hydrogen) atoms. The predicted octanol–water partition coefficient (Wildman–Crippen LogP) is 3.15. The molecule has 0 saturated carbocycles. The Hall–Kier alpha value is -1.48. The van der Waals surface area contributed by atoms with Gasteiger partial charge in [-0.25, -0.2) is 4.68 Å². The Labute approximate surface area is 99.6 Å². The molecule has 4 heteroatoms. The average Bonchev–Trinajstić information content (AvgIpc) is 2.58. The molecule has 1 aromatic heterocycles. The lowest BCUT2D eigenvalue weighted by atomic mass is 10.3. The number of benzene rings is 1. The summed E-state index contributed by atoms with van der Waals surface area (Å²) in [6.07, 6.45) is 0. The normalized spacial score (nSPS) is 10.5. The van der Waals surface area contributed by atoms with Gasteiger partial charge in [0.15, 0.2) is 0 Å². The molecule has 0 aliphatic carbocycles. The lowest BCUT2D eigenvalue weighted by molar-refractivity contribution is 0.414. The van der Waals surface area contributed by atoms with Gasteiger partial charge in [-0.3, -0.25) is 0 Å². The number of hydrogen-bond acceptors (Lipinski definition) is 2. The smallest absolute Gasteiger partial charge is 0.139 e. The first-order valence-electron chi connectivity index (χ1n) is 4.99. The van der Waals surface area contributed by atoms with E-state index in [-0.39, 0.29) is 0 Å². The second-order valence-electron chi connectivity index (χ2n) is 3.63. The first-order chi connectivity index (χ1) is 7.63. The van der Waals surface area contributed by atoms with Gasteiger partial charge in [0, 0.05) is 5.69 Å². The van der Waals surface area contributed by atoms with Crippen molar-refractivity contribution < 1.29 is 4.74 Å². The largest absolute Gasteiger partial charge is 0.495 e. The zero-order valence-electron chi connectivity index (χ0n) is 9.49. The minimum Gasteiger partial charge on any atom is -0.495 e. The Balaban J connectivity index is 2.60. The first-order valence-corrected chi connectivity index (χ1v) is 5.37. The summed E-state index contributed by atoms with van der Waals surface area (Å²) < 4.78 is 7.00. The van der Waals surface area contributed by atoms with Gasteiger partial charge < -0.3 is 4.74 Å². The number of rotatable bonds is 2. The molecule has 0 aliphatic heterocycles. The van der Waals surface area contributed by atoms with Gasteiger partial charge in [-0.05, 0) is 32.0 Å². The summed E-state index contributed by atoms with van der Waals surface area (Å²) in [5, 5.41) is 4.97. The fourth-order valence-corrected chi connectivity index (χ4v) is 1.98. The fourth-order valence-electron chi connectivity index (χ4n) is 1.69. The van der Waals surface area contributed by atoms with Gasteiger partial charge in [-0.2, -0.15) is 5.10 Å². The standard InChI is InChI=1S/C12H13ClN2O/c1-8-7-9(2)15(14-8)10-5-4-6-11(16-3)12(10)13/h4-7H,1-3H3. The van der Waals surface area contributed by atoms with Crippen molar-refractivity contribution in [3.63, 3.8) is 0 Å². The van der Waals surface area contributed by atoms with Gasteiger partial charge in [0.2, 0.25) is 0 Å². The summed E-state index contributed by atoms with van der Waals surface area (Å²) in [5.74, 6) is 0.659. The highest BCUT2D eigenvalue weighted by molar-refractivity contribution is 6.33. The van der Waals surface area contributed by atoms with Crippen molar-refractivity contribution in [2.45, 2.75) is 13.8 Å². The van der Waals surface area contributed by atoms with E-state index in [1.807, 2.05) is 42.8 Å². The predicted molar refractivity (Wildman–Crippen MR) is 64.6 cm³/mol. The second kappa shape index (κ2) is 4.18. The van der Waals surface area contributed by atoms with Crippen molar-refractivity contribution in [1.82, 2.24) is 9.78 Å². The molecule has 3 nitrogen and oxygen atoms in total. The molecule has 1 heterocycles. The summed E-state index contributed by atoms with van der Waals surface area (Å²) in [6.45, 7) is 3.95. The molecule has 0 atom stereocenters. The number of ether oxygens (including phenoxy) is 1. The van der Waals surface area contributed by atoms with Crippen LogP contribution in [0.2, 0.25) is 5.02 Å². The maximum atomic E-state index is 6.24. The Morgan fingerprint density at radius 3 is 2.62 bits per heavy atom. The van der Waals surface area contributed by atoms with Crippen LogP contribution in [-0.2, 0) is 0 Å². The van der Waals surface area contributed by atoms with Gasteiger partial charge in [0.05, 0.1) is 18.5 Å². The van der Waals surface area contributed by atoms with E-state index in [0.29, 0.717) is 10.8 Å². The SMILES string of the molecule is COc1cccc(-n2nc(C)cc2C)c1Cl. The molecular formula is C12H13ClN2O. The first kappa shape index (κ1) is 11.0. The second-order valence-corrected chi connectivity index (χ2v) is 4.01. The minimum atomic E-state index is 0.580. The summed E-state index contributed by atoms with van der Waals surface area (Å²) in [7, 11) is 1.60. The molecule has 0 saturated heterocycles. The Kier molecular flexibility index (Phi) is 2.88. The third-order valence-corrected chi connectivity index (χ3v) is 2.78. The van der Waals surface area contributed by atoms with Crippen LogP contribution < -0.4 is 4.74 Å². The van der Waals surface area contributed by atoms with Crippen molar-refractivity contribution in [2.24, 2.45) is 0 Å². The summed E-state index contributed by atoms with van der Waals surface area (Å²) in [6, 6.07) is 7.66. The van der Waals surface area contributed by atoms with Crippen LogP contribution in [0, 0.1) is 13.8 Å². The molecule has 2 aromatic rings.